The Morgan fingerprint density at radius 2 is 2.00 bits per heavy atom. The Hall–Kier alpha value is -1.40. The van der Waals surface area contributed by atoms with Crippen LogP contribution in [0.3, 0.4) is 0 Å². The van der Waals surface area contributed by atoms with Gasteiger partial charge in [0.1, 0.15) is 5.82 Å². The van der Waals surface area contributed by atoms with E-state index in [-0.39, 0.29) is 5.82 Å². The van der Waals surface area contributed by atoms with Gasteiger partial charge in [-0.15, -0.1) is 0 Å². The van der Waals surface area contributed by atoms with E-state index in [2.05, 4.69) is 24.8 Å². The summed E-state index contributed by atoms with van der Waals surface area (Å²) in [5.41, 5.74) is 1.39. The van der Waals surface area contributed by atoms with Gasteiger partial charge in [0.2, 0.25) is 0 Å². The summed E-state index contributed by atoms with van der Waals surface area (Å²) in [4.78, 5) is 2.33. The smallest absolute Gasteiger partial charge is 0.123 e. The summed E-state index contributed by atoms with van der Waals surface area (Å²) in [7, 11) is 0. The zero-order valence-corrected chi connectivity index (χ0v) is 11.0. The average Bonchev–Trinajstić information content (AvgIpc) is 2.27. The van der Waals surface area contributed by atoms with Gasteiger partial charge < -0.3 is 0 Å². The standard InChI is InChI=1S/C15H19FN2/c1-11-5-12(2)9-18(8-11)10-14-6-15(16)4-3-13(14)7-17/h3-4,6,11-12H,5,8-10H2,1-2H3. The summed E-state index contributed by atoms with van der Waals surface area (Å²) in [5.74, 6) is 1.09. The number of halogens is 1. The van der Waals surface area contributed by atoms with Crippen molar-refractivity contribution >= 4 is 0 Å². The summed E-state index contributed by atoms with van der Waals surface area (Å²) in [6.07, 6.45) is 1.25. The van der Waals surface area contributed by atoms with E-state index in [0.29, 0.717) is 23.9 Å². The van der Waals surface area contributed by atoms with Crippen molar-refractivity contribution in [3.05, 3.63) is 35.1 Å². The molecule has 1 aliphatic rings. The molecule has 96 valence electrons. The highest BCUT2D eigenvalue weighted by molar-refractivity contribution is 5.37. The lowest BCUT2D eigenvalue weighted by Crippen LogP contribution is -2.38. The van der Waals surface area contributed by atoms with Gasteiger partial charge in [-0.25, -0.2) is 4.39 Å². The maximum Gasteiger partial charge on any atom is 0.123 e. The summed E-state index contributed by atoms with van der Waals surface area (Å²) >= 11 is 0. The molecule has 1 saturated heterocycles. The molecule has 0 bridgehead atoms. The predicted octanol–water partition coefficient (Wildman–Crippen LogP) is 3.18. The van der Waals surface area contributed by atoms with Crippen molar-refractivity contribution in [2.75, 3.05) is 13.1 Å². The highest BCUT2D eigenvalue weighted by Crippen LogP contribution is 2.23. The van der Waals surface area contributed by atoms with Gasteiger partial charge in [-0.2, -0.15) is 5.26 Å². The molecular weight excluding hydrogens is 227 g/mol. The van der Waals surface area contributed by atoms with Crippen LogP contribution in [-0.4, -0.2) is 18.0 Å². The zero-order valence-electron chi connectivity index (χ0n) is 11.0. The Bertz CT molecular complexity index is 454. The number of hydrogen-bond donors (Lipinski definition) is 0. The lowest BCUT2D eigenvalue weighted by Gasteiger charge is -2.35. The highest BCUT2D eigenvalue weighted by atomic mass is 19.1. The van der Waals surface area contributed by atoms with Gasteiger partial charge in [0.15, 0.2) is 0 Å². The molecule has 0 N–H and O–H groups in total. The van der Waals surface area contributed by atoms with Crippen LogP contribution in [0, 0.1) is 29.0 Å². The molecular formula is C15H19FN2. The molecule has 0 aromatic heterocycles. The summed E-state index contributed by atoms with van der Waals surface area (Å²) in [5, 5.41) is 9.05. The molecule has 1 aliphatic heterocycles. The van der Waals surface area contributed by atoms with Gasteiger partial charge in [0.25, 0.3) is 0 Å². The van der Waals surface area contributed by atoms with Crippen molar-refractivity contribution < 1.29 is 4.39 Å². The fourth-order valence-corrected chi connectivity index (χ4v) is 2.96. The largest absolute Gasteiger partial charge is 0.299 e. The van der Waals surface area contributed by atoms with E-state index in [0.717, 1.165) is 18.7 Å². The van der Waals surface area contributed by atoms with Gasteiger partial charge in [0.05, 0.1) is 11.6 Å². The molecule has 1 aromatic carbocycles. The Morgan fingerprint density at radius 1 is 1.33 bits per heavy atom. The van der Waals surface area contributed by atoms with Gasteiger partial charge in [-0.1, -0.05) is 13.8 Å². The SMILES string of the molecule is CC1CC(C)CN(Cc2cc(F)ccc2C#N)C1. The van der Waals surface area contributed by atoms with E-state index >= 15 is 0 Å². The van der Waals surface area contributed by atoms with Crippen LogP contribution >= 0.6 is 0 Å². The monoisotopic (exact) mass is 246 g/mol. The van der Waals surface area contributed by atoms with Crippen molar-refractivity contribution in [3.8, 4) is 6.07 Å². The van der Waals surface area contributed by atoms with Crippen LogP contribution in [0.2, 0.25) is 0 Å². The van der Waals surface area contributed by atoms with Crippen LogP contribution in [0.5, 0.6) is 0 Å². The molecule has 2 unspecified atom stereocenters. The molecule has 2 atom stereocenters. The molecule has 0 aliphatic carbocycles. The maximum absolute atomic E-state index is 13.3. The van der Waals surface area contributed by atoms with Crippen LogP contribution < -0.4 is 0 Å². The van der Waals surface area contributed by atoms with Crippen molar-refractivity contribution in [3.63, 3.8) is 0 Å². The molecule has 18 heavy (non-hydrogen) atoms. The van der Waals surface area contributed by atoms with E-state index in [1.807, 2.05) is 0 Å². The molecule has 0 spiro atoms. The minimum absolute atomic E-state index is 0.262. The average molecular weight is 246 g/mol. The first-order chi connectivity index (χ1) is 8.58. The molecule has 2 nitrogen and oxygen atoms in total. The van der Waals surface area contributed by atoms with E-state index in [1.165, 1.54) is 18.6 Å². The molecule has 0 radical (unpaired) electrons. The molecule has 1 aromatic rings. The molecule has 0 amide bonds. The first kappa shape index (κ1) is 13.0. The van der Waals surface area contributed by atoms with E-state index in [9.17, 15) is 4.39 Å². The minimum atomic E-state index is -0.262. The van der Waals surface area contributed by atoms with Crippen LogP contribution in [0.4, 0.5) is 4.39 Å². The van der Waals surface area contributed by atoms with E-state index in [4.69, 9.17) is 5.26 Å². The first-order valence-corrected chi connectivity index (χ1v) is 6.49. The summed E-state index contributed by atoms with van der Waals surface area (Å²) in [6.45, 7) is 7.24. The lowest BCUT2D eigenvalue weighted by atomic mass is 9.91. The third kappa shape index (κ3) is 3.08. The molecule has 1 heterocycles. The fourth-order valence-electron chi connectivity index (χ4n) is 2.96. The number of rotatable bonds is 2. The first-order valence-electron chi connectivity index (χ1n) is 6.49. The number of benzene rings is 1. The predicted molar refractivity (Wildman–Crippen MR) is 69.3 cm³/mol. The topological polar surface area (TPSA) is 27.0 Å². The number of hydrogen-bond acceptors (Lipinski definition) is 2. The van der Waals surface area contributed by atoms with E-state index in [1.54, 1.807) is 6.07 Å². The van der Waals surface area contributed by atoms with Crippen LogP contribution in [-0.2, 0) is 6.54 Å². The van der Waals surface area contributed by atoms with Gasteiger partial charge >= 0.3 is 0 Å². The Kier molecular flexibility index (Phi) is 3.98. The maximum atomic E-state index is 13.3. The second kappa shape index (κ2) is 5.49. The molecule has 2 rings (SSSR count). The molecule has 1 fully saturated rings. The van der Waals surface area contributed by atoms with E-state index < -0.39 is 0 Å². The third-order valence-electron chi connectivity index (χ3n) is 3.53. The highest BCUT2D eigenvalue weighted by Gasteiger charge is 2.22. The Balaban J connectivity index is 2.13. The normalized spacial score (nSPS) is 24.8. The quantitative estimate of drug-likeness (QED) is 0.801. The lowest BCUT2D eigenvalue weighted by molar-refractivity contribution is 0.134. The van der Waals surface area contributed by atoms with Crippen LogP contribution in [0.1, 0.15) is 31.4 Å². The molecule has 0 saturated carbocycles. The van der Waals surface area contributed by atoms with Crippen molar-refractivity contribution in [1.29, 1.82) is 5.26 Å². The second-order valence-electron chi connectivity index (χ2n) is 5.55. The Morgan fingerprint density at radius 3 is 2.61 bits per heavy atom. The zero-order chi connectivity index (χ0) is 13.1. The van der Waals surface area contributed by atoms with Crippen molar-refractivity contribution in [1.82, 2.24) is 4.90 Å². The molecule has 3 heteroatoms. The minimum Gasteiger partial charge on any atom is -0.299 e. The van der Waals surface area contributed by atoms with Crippen LogP contribution in [0.25, 0.3) is 0 Å². The van der Waals surface area contributed by atoms with Crippen molar-refractivity contribution in [2.45, 2.75) is 26.8 Å². The number of nitriles is 1. The number of likely N-dealkylation sites (tertiary alicyclic amines) is 1. The summed E-state index contributed by atoms with van der Waals surface area (Å²) < 4.78 is 13.3. The van der Waals surface area contributed by atoms with Gasteiger partial charge in [-0.05, 0) is 42.0 Å². The Labute approximate surface area is 108 Å². The van der Waals surface area contributed by atoms with Gasteiger partial charge in [-0.3, -0.25) is 4.90 Å². The third-order valence-corrected chi connectivity index (χ3v) is 3.53. The van der Waals surface area contributed by atoms with Gasteiger partial charge in [0, 0.05) is 19.6 Å². The second-order valence-corrected chi connectivity index (χ2v) is 5.55. The number of piperidine rings is 1. The number of nitrogens with zero attached hydrogens (tertiary/aromatic N) is 2. The fraction of sp³-hybridized carbons (Fsp3) is 0.533. The summed E-state index contributed by atoms with van der Waals surface area (Å²) in [6, 6.07) is 6.55. The van der Waals surface area contributed by atoms with Crippen LogP contribution in [0.15, 0.2) is 18.2 Å². The van der Waals surface area contributed by atoms with Crippen molar-refractivity contribution in [2.24, 2.45) is 11.8 Å².